The van der Waals surface area contributed by atoms with Gasteiger partial charge in [0.2, 0.25) is 0 Å². The molecule has 1 aliphatic rings. The zero-order valence-corrected chi connectivity index (χ0v) is 18.1. The fourth-order valence-corrected chi connectivity index (χ4v) is 4.36. The lowest BCUT2D eigenvalue weighted by molar-refractivity contribution is -0.114. The molecule has 0 saturated carbocycles. The summed E-state index contributed by atoms with van der Waals surface area (Å²) in [6, 6.07) is 22.8. The molecule has 6 heteroatoms. The molecule has 1 N–H and O–H groups in total. The first-order valence-electron chi connectivity index (χ1n) is 9.83. The molecular formula is C25H22N2O3S. The van der Waals surface area contributed by atoms with Crippen molar-refractivity contribution in [3.63, 3.8) is 0 Å². The van der Waals surface area contributed by atoms with Crippen LogP contribution in [0.1, 0.15) is 21.5 Å². The Bertz CT molecular complexity index is 1140. The molecule has 0 unspecified atom stereocenters. The van der Waals surface area contributed by atoms with Crippen LogP contribution in [0.4, 0.5) is 5.69 Å². The number of likely N-dealkylation sites (N-methyl/N-ethyl adjacent to an activating group) is 1. The molecule has 31 heavy (non-hydrogen) atoms. The van der Waals surface area contributed by atoms with E-state index in [9.17, 15) is 9.59 Å². The van der Waals surface area contributed by atoms with E-state index < -0.39 is 0 Å². The van der Waals surface area contributed by atoms with Crippen molar-refractivity contribution < 1.29 is 14.3 Å². The molecule has 0 spiro atoms. The van der Waals surface area contributed by atoms with E-state index in [1.807, 2.05) is 66.7 Å². The van der Waals surface area contributed by atoms with E-state index in [0.29, 0.717) is 17.0 Å². The van der Waals surface area contributed by atoms with Gasteiger partial charge in [0, 0.05) is 24.1 Å². The van der Waals surface area contributed by atoms with Gasteiger partial charge in [0.05, 0.1) is 17.7 Å². The summed E-state index contributed by atoms with van der Waals surface area (Å²) in [5.74, 6) is 0.503. The van der Waals surface area contributed by atoms with Gasteiger partial charge in [-0.05, 0) is 47.5 Å². The maximum Gasteiger partial charge on any atom is 0.264 e. The molecule has 0 saturated heterocycles. The summed E-state index contributed by atoms with van der Waals surface area (Å²) in [6.07, 6.45) is 1.89. The number of amides is 2. The molecule has 0 aromatic heterocycles. The Morgan fingerprint density at radius 2 is 1.81 bits per heavy atom. The average molecular weight is 431 g/mol. The number of rotatable bonds is 5. The standard InChI is InChI=1S/C25H22N2O3S/c1-27-21-15-19(24(28)26-16-18-8-11-20(30-2)12-9-18)10-13-22(21)31-23(25(27)29)14-17-6-4-3-5-7-17/h3-15H,16H2,1-2H3,(H,26,28). The second kappa shape index (κ2) is 9.10. The summed E-state index contributed by atoms with van der Waals surface area (Å²) in [6.45, 7) is 0.410. The topological polar surface area (TPSA) is 58.6 Å². The summed E-state index contributed by atoms with van der Waals surface area (Å²) >= 11 is 1.42. The van der Waals surface area contributed by atoms with Crippen molar-refractivity contribution in [3.8, 4) is 5.75 Å². The predicted octanol–water partition coefficient (Wildman–Crippen LogP) is 4.73. The van der Waals surface area contributed by atoms with Crippen LogP contribution in [0.25, 0.3) is 6.08 Å². The van der Waals surface area contributed by atoms with E-state index >= 15 is 0 Å². The normalized spacial score (nSPS) is 14.3. The first kappa shape index (κ1) is 20.8. The van der Waals surface area contributed by atoms with Crippen LogP contribution in [0.2, 0.25) is 0 Å². The summed E-state index contributed by atoms with van der Waals surface area (Å²) in [7, 11) is 3.35. The average Bonchev–Trinajstić information content (AvgIpc) is 2.81. The van der Waals surface area contributed by atoms with Crippen molar-refractivity contribution in [3.05, 3.63) is 94.4 Å². The van der Waals surface area contributed by atoms with Crippen LogP contribution in [-0.2, 0) is 11.3 Å². The van der Waals surface area contributed by atoms with Crippen molar-refractivity contribution in [2.24, 2.45) is 0 Å². The number of ether oxygens (including phenoxy) is 1. The molecule has 0 atom stereocenters. The number of nitrogens with zero attached hydrogens (tertiary/aromatic N) is 1. The van der Waals surface area contributed by atoms with Crippen LogP contribution in [0, 0.1) is 0 Å². The third-order valence-electron chi connectivity index (χ3n) is 5.03. The Balaban J connectivity index is 1.50. The minimum atomic E-state index is -0.185. The lowest BCUT2D eigenvalue weighted by Crippen LogP contribution is -2.31. The maximum absolute atomic E-state index is 12.9. The number of anilines is 1. The molecule has 3 aromatic carbocycles. The molecule has 1 aliphatic heterocycles. The monoisotopic (exact) mass is 430 g/mol. The van der Waals surface area contributed by atoms with Gasteiger partial charge in [0.15, 0.2) is 0 Å². The molecule has 0 bridgehead atoms. The molecule has 156 valence electrons. The van der Waals surface area contributed by atoms with Crippen LogP contribution in [0.5, 0.6) is 5.75 Å². The van der Waals surface area contributed by atoms with Gasteiger partial charge < -0.3 is 15.0 Å². The summed E-state index contributed by atoms with van der Waals surface area (Å²) < 4.78 is 5.15. The van der Waals surface area contributed by atoms with E-state index in [2.05, 4.69) is 5.32 Å². The van der Waals surface area contributed by atoms with E-state index in [-0.39, 0.29) is 11.8 Å². The Morgan fingerprint density at radius 3 is 2.52 bits per heavy atom. The van der Waals surface area contributed by atoms with Gasteiger partial charge in [0.25, 0.3) is 11.8 Å². The van der Waals surface area contributed by atoms with Gasteiger partial charge in [-0.25, -0.2) is 0 Å². The first-order chi connectivity index (χ1) is 15.0. The summed E-state index contributed by atoms with van der Waals surface area (Å²) in [5.41, 5.74) is 3.20. The lowest BCUT2D eigenvalue weighted by atomic mass is 10.1. The Hall–Kier alpha value is -3.51. The third kappa shape index (κ3) is 4.64. The molecule has 3 aromatic rings. The molecule has 0 fully saturated rings. The van der Waals surface area contributed by atoms with Crippen LogP contribution in [0.15, 0.2) is 82.6 Å². The fourth-order valence-electron chi connectivity index (χ4n) is 3.26. The van der Waals surface area contributed by atoms with Crippen LogP contribution < -0.4 is 15.0 Å². The van der Waals surface area contributed by atoms with Crippen LogP contribution in [-0.4, -0.2) is 26.0 Å². The highest BCUT2D eigenvalue weighted by Crippen LogP contribution is 2.42. The molecular weight excluding hydrogens is 408 g/mol. The first-order valence-corrected chi connectivity index (χ1v) is 10.6. The number of thioether (sulfide) groups is 1. The smallest absolute Gasteiger partial charge is 0.264 e. The maximum atomic E-state index is 12.9. The highest BCUT2D eigenvalue weighted by atomic mass is 32.2. The van der Waals surface area contributed by atoms with Crippen LogP contribution in [0.3, 0.4) is 0 Å². The summed E-state index contributed by atoms with van der Waals surface area (Å²) in [5, 5.41) is 2.93. The van der Waals surface area contributed by atoms with E-state index in [0.717, 1.165) is 27.5 Å². The van der Waals surface area contributed by atoms with Crippen LogP contribution >= 0.6 is 11.8 Å². The number of methoxy groups -OCH3 is 1. The SMILES string of the molecule is COc1ccc(CNC(=O)c2ccc3c(c2)N(C)C(=O)C(=Cc2ccccc2)S3)cc1. The number of hydrogen-bond acceptors (Lipinski definition) is 4. The van der Waals surface area contributed by atoms with Gasteiger partial charge in [-0.15, -0.1) is 0 Å². The molecule has 4 rings (SSSR count). The van der Waals surface area contributed by atoms with Crippen molar-refractivity contribution >= 4 is 35.3 Å². The minimum Gasteiger partial charge on any atom is -0.497 e. The highest BCUT2D eigenvalue weighted by molar-refractivity contribution is 8.04. The number of fused-ring (bicyclic) bond motifs is 1. The third-order valence-corrected chi connectivity index (χ3v) is 6.10. The van der Waals surface area contributed by atoms with Gasteiger partial charge >= 0.3 is 0 Å². The second-order valence-corrected chi connectivity index (χ2v) is 8.18. The highest BCUT2D eigenvalue weighted by Gasteiger charge is 2.27. The number of carbonyl (C=O) groups excluding carboxylic acids is 2. The van der Waals surface area contributed by atoms with Gasteiger partial charge in [-0.2, -0.15) is 0 Å². The van der Waals surface area contributed by atoms with Crippen molar-refractivity contribution in [1.82, 2.24) is 5.32 Å². The minimum absolute atomic E-state index is 0.0860. The summed E-state index contributed by atoms with van der Waals surface area (Å²) in [4.78, 5) is 28.7. The predicted molar refractivity (Wildman–Crippen MR) is 124 cm³/mol. The molecule has 0 aliphatic carbocycles. The van der Waals surface area contributed by atoms with E-state index in [1.165, 1.54) is 11.8 Å². The zero-order chi connectivity index (χ0) is 21.8. The lowest BCUT2D eigenvalue weighted by Gasteiger charge is -2.27. The second-order valence-electron chi connectivity index (χ2n) is 7.10. The fraction of sp³-hybridized carbons (Fsp3) is 0.120. The quantitative estimate of drug-likeness (QED) is 0.595. The van der Waals surface area contributed by atoms with Crippen molar-refractivity contribution in [1.29, 1.82) is 0 Å². The number of benzene rings is 3. The Labute approximate surface area is 185 Å². The molecule has 5 nitrogen and oxygen atoms in total. The van der Waals surface area contributed by atoms with E-state index in [1.54, 1.807) is 31.2 Å². The number of carbonyl (C=O) groups is 2. The Morgan fingerprint density at radius 1 is 1.06 bits per heavy atom. The molecule has 0 radical (unpaired) electrons. The molecule has 1 heterocycles. The Kier molecular flexibility index (Phi) is 6.09. The van der Waals surface area contributed by atoms with Crippen molar-refractivity contribution in [2.45, 2.75) is 11.4 Å². The number of nitrogens with one attached hydrogen (secondary N) is 1. The van der Waals surface area contributed by atoms with Crippen molar-refractivity contribution in [2.75, 3.05) is 19.1 Å². The van der Waals surface area contributed by atoms with Gasteiger partial charge in [-0.1, -0.05) is 54.2 Å². The van der Waals surface area contributed by atoms with Gasteiger partial charge in [0.1, 0.15) is 5.75 Å². The zero-order valence-electron chi connectivity index (χ0n) is 17.3. The van der Waals surface area contributed by atoms with E-state index in [4.69, 9.17) is 4.74 Å². The number of hydrogen-bond donors (Lipinski definition) is 1. The van der Waals surface area contributed by atoms with Gasteiger partial charge in [-0.3, -0.25) is 9.59 Å². The molecule has 2 amide bonds. The largest absolute Gasteiger partial charge is 0.497 e.